The van der Waals surface area contributed by atoms with Gasteiger partial charge in [-0.2, -0.15) is 0 Å². The lowest BCUT2D eigenvalue weighted by atomic mass is 10.2. The summed E-state index contributed by atoms with van der Waals surface area (Å²) in [7, 11) is 1.64. The molecule has 0 bridgehead atoms. The lowest BCUT2D eigenvalue weighted by Gasteiger charge is -2.26. The fourth-order valence-corrected chi connectivity index (χ4v) is 2.11. The van der Waals surface area contributed by atoms with E-state index in [1.807, 2.05) is 24.3 Å². The standard InChI is InChI=1S/C14H21N3O2/c1-19-13-4-2-3-12(9-13)10-16-14(18)11-17-7-5-15-6-8-17/h2-4,9,15H,5-8,10-11H2,1H3,(H,16,18). The molecule has 1 saturated heterocycles. The van der Waals surface area contributed by atoms with Crippen molar-refractivity contribution >= 4 is 5.91 Å². The van der Waals surface area contributed by atoms with Crippen LogP contribution in [0.5, 0.6) is 5.75 Å². The van der Waals surface area contributed by atoms with Gasteiger partial charge >= 0.3 is 0 Å². The van der Waals surface area contributed by atoms with Gasteiger partial charge in [-0.05, 0) is 17.7 Å². The fourth-order valence-electron chi connectivity index (χ4n) is 2.11. The lowest BCUT2D eigenvalue weighted by molar-refractivity contribution is -0.122. The zero-order valence-electron chi connectivity index (χ0n) is 11.3. The lowest BCUT2D eigenvalue weighted by Crippen LogP contribution is -2.47. The molecular weight excluding hydrogens is 242 g/mol. The van der Waals surface area contributed by atoms with E-state index in [4.69, 9.17) is 4.74 Å². The zero-order chi connectivity index (χ0) is 13.5. The monoisotopic (exact) mass is 263 g/mol. The smallest absolute Gasteiger partial charge is 0.234 e. The highest BCUT2D eigenvalue weighted by Gasteiger charge is 2.12. The van der Waals surface area contributed by atoms with Gasteiger partial charge in [0.25, 0.3) is 0 Å². The summed E-state index contributed by atoms with van der Waals surface area (Å²) in [5.41, 5.74) is 1.05. The molecule has 0 aromatic heterocycles. The van der Waals surface area contributed by atoms with E-state index >= 15 is 0 Å². The second-order valence-corrected chi connectivity index (χ2v) is 4.65. The van der Waals surface area contributed by atoms with Crippen LogP contribution in [0, 0.1) is 0 Å². The second kappa shape index (κ2) is 7.11. The molecule has 5 heteroatoms. The predicted octanol–water partition coefficient (Wildman–Crippen LogP) is 0.217. The Labute approximate surface area is 113 Å². The number of hydrogen-bond acceptors (Lipinski definition) is 4. The summed E-state index contributed by atoms with van der Waals surface area (Å²) in [6.07, 6.45) is 0. The minimum absolute atomic E-state index is 0.0738. The summed E-state index contributed by atoms with van der Waals surface area (Å²) in [5, 5.41) is 6.21. The first-order valence-corrected chi connectivity index (χ1v) is 6.60. The van der Waals surface area contributed by atoms with Crippen LogP contribution in [-0.4, -0.2) is 50.6 Å². The number of carbonyl (C=O) groups excluding carboxylic acids is 1. The molecule has 104 valence electrons. The molecule has 0 atom stereocenters. The maximum Gasteiger partial charge on any atom is 0.234 e. The number of carbonyl (C=O) groups is 1. The molecule has 0 unspecified atom stereocenters. The van der Waals surface area contributed by atoms with Crippen molar-refractivity contribution in [2.24, 2.45) is 0 Å². The number of rotatable bonds is 5. The molecule has 0 spiro atoms. The topological polar surface area (TPSA) is 53.6 Å². The Balaban J connectivity index is 1.76. The molecule has 1 aromatic carbocycles. The maximum absolute atomic E-state index is 11.8. The van der Waals surface area contributed by atoms with Crippen molar-refractivity contribution in [2.45, 2.75) is 6.54 Å². The van der Waals surface area contributed by atoms with Crippen LogP contribution < -0.4 is 15.4 Å². The van der Waals surface area contributed by atoms with Crippen molar-refractivity contribution in [3.63, 3.8) is 0 Å². The van der Waals surface area contributed by atoms with Gasteiger partial charge in [-0.15, -0.1) is 0 Å². The van der Waals surface area contributed by atoms with E-state index in [-0.39, 0.29) is 5.91 Å². The molecule has 1 heterocycles. The van der Waals surface area contributed by atoms with Gasteiger partial charge in [0, 0.05) is 32.7 Å². The molecule has 2 N–H and O–H groups in total. The molecule has 2 rings (SSSR count). The average Bonchev–Trinajstić information content (AvgIpc) is 2.46. The second-order valence-electron chi connectivity index (χ2n) is 4.65. The van der Waals surface area contributed by atoms with E-state index in [1.165, 1.54) is 0 Å². The molecule has 1 aliphatic heterocycles. The number of nitrogens with one attached hydrogen (secondary N) is 2. The summed E-state index contributed by atoms with van der Waals surface area (Å²) in [6, 6.07) is 7.74. The van der Waals surface area contributed by atoms with E-state index in [9.17, 15) is 4.79 Å². The molecule has 5 nitrogen and oxygen atoms in total. The van der Waals surface area contributed by atoms with Gasteiger partial charge in [0.05, 0.1) is 13.7 Å². The van der Waals surface area contributed by atoms with Crippen LogP contribution in [0.4, 0.5) is 0 Å². The SMILES string of the molecule is COc1cccc(CNC(=O)CN2CCNCC2)c1. The van der Waals surface area contributed by atoms with Gasteiger partial charge in [-0.25, -0.2) is 0 Å². The first-order chi connectivity index (χ1) is 9.28. The molecular formula is C14H21N3O2. The molecule has 1 fully saturated rings. The summed E-state index contributed by atoms with van der Waals surface area (Å²) >= 11 is 0. The first kappa shape index (κ1) is 13.8. The largest absolute Gasteiger partial charge is 0.497 e. The molecule has 1 aliphatic rings. The van der Waals surface area contributed by atoms with Crippen LogP contribution in [0.1, 0.15) is 5.56 Å². The number of hydrogen-bond donors (Lipinski definition) is 2. The highest BCUT2D eigenvalue weighted by Crippen LogP contribution is 2.12. The van der Waals surface area contributed by atoms with Crippen molar-refractivity contribution in [1.29, 1.82) is 0 Å². The number of piperazine rings is 1. The van der Waals surface area contributed by atoms with Crippen LogP contribution in [0.15, 0.2) is 24.3 Å². The average molecular weight is 263 g/mol. The van der Waals surface area contributed by atoms with E-state index in [0.717, 1.165) is 37.5 Å². The van der Waals surface area contributed by atoms with E-state index in [2.05, 4.69) is 15.5 Å². The molecule has 0 saturated carbocycles. The third-order valence-corrected chi connectivity index (χ3v) is 3.20. The van der Waals surface area contributed by atoms with Crippen LogP contribution in [0.2, 0.25) is 0 Å². The number of amides is 1. The Bertz CT molecular complexity index is 417. The summed E-state index contributed by atoms with van der Waals surface area (Å²) < 4.78 is 5.16. The Kier molecular flexibility index (Phi) is 5.18. The molecule has 0 radical (unpaired) electrons. The predicted molar refractivity (Wildman–Crippen MR) is 74.2 cm³/mol. The van der Waals surface area contributed by atoms with Crippen molar-refractivity contribution in [3.05, 3.63) is 29.8 Å². The first-order valence-electron chi connectivity index (χ1n) is 6.60. The summed E-state index contributed by atoms with van der Waals surface area (Å²) in [5.74, 6) is 0.888. The summed E-state index contributed by atoms with van der Waals surface area (Å²) in [4.78, 5) is 14.0. The van der Waals surface area contributed by atoms with Gasteiger partial charge in [-0.1, -0.05) is 12.1 Å². The highest BCUT2D eigenvalue weighted by molar-refractivity contribution is 5.78. The molecule has 1 amide bonds. The van der Waals surface area contributed by atoms with Crippen molar-refractivity contribution in [1.82, 2.24) is 15.5 Å². The van der Waals surface area contributed by atoms with Crippen LogP contribution in [-0.2, 0) is 11.3 Å². The minimum atomic E-state index is 0.0738. The molecule has 0 aliphatic carbocycles. The molecule has 19 heavy (non-hydrogen) atoms. The number of nitrogens with zero attached hydrogens (tertiary/aromatic N) is 1. The van der Waals surface area contributed by atoms with Crippen LogP contribution in [0.3, 0.4) is 0 Å². The number of methoxy groups -OCH3 is 1. The van der Waals surface area contributed by atoms with Gasteiger partial charge in [-0.3, -0.25) is 9.69 Å². The number of benzene rings is 1. The number of ether oxygens (including phenoxy) is 1. The Morgan fingerprint density at radius 2 is 2.21 bits per heavy atom. The Hall–Kier alpha value is -1.59. The molecule has 1 aromatic rings. The van der Waals surface area contributed by atoms with Gasteiger partial charge in [0.15, 0.2) is 0 Å². The quantitative estimate of drug-likeness (QED) is 0.798. The van der Waals surface area contributed by atoms with Crippen LogP contribution in [0.25, 0.3) is 0 Å². The van der Waals surface area contributed by atoms with Gasteiger partial charge in [0.2, 0.25) is 5.91 Å². The van der Waals surface area contributed by atoms with Gasteiger partial charge < -0.3 is 15.4 Å². The minimum Gasteiger partial charge on any atom is -0.497 e. The Morgan fingerprint density at radius 1 is 1.42 bits per heavy atom. The van der Waals surface area contributed by atoms with Crippen molar-refractivity contribution in [3.8, 4) is 5.75 Å². The van der Waals surface area contributed by atoms with E-state index < -0.39 is 0 Å². The highest BCUT2D eigenvalue weighted by atomic mass is 16.5. The Morgan fingerprint density at radius 3 is 2.95 bits per heavy atom. The third-order valence-electron chi connectivity index (χ3n) is 3.20. The normalized spacial score (nSPS) is 16.1. The van der Waals surface area contributed by atoms with Crippen molar-refractivity contribution < 1.29 is 9.53 Å². The summed E-state index contributed by atoms with van der Waals surface area (Å²) in [6.45, 7) is 4.82. The fraction of sp³-hybridized carbons (Fsp3) is 0.500. The van der Waals surface area contributed by atoms with E-state index in [0.29, 0.717) is 13.1 Å². The van der Waals surface area contributed by atoms with Crippen LogP contribution >= 0.6 is 0 Å². The third kappa shape index (κ3) is 4.54. The van der Waals surface area contributed by atoms with E-state index in [1.54, 1.807) is 7.11 Å². The maximum atomic E-state index is 11.8. The zero-order valence-corrected chi connectivity index (χ0v) is 11.3. The van der Waals surface area contributed by atoms with Gasteiger partial charge in [0.1, 0.15) is 5.75 Å². The van der Waals surface area contributed by atoms with Crippen molar-refractivity contribution in [2.75, 3.05) is 39.8 Å².